The molecule has 0 amide bonds. The molecule has 0 atom stereocenters. The molecule has 0 saturated heterocycles. The van der Waals surface area contributed by atoms with Gasteiger partial charge in [0.1, 0.15) is 0 Å². The number of rotatable bonds is 1. The molecule has 0 aliphatic carbocycles. The lowest BCUT2D eigenvalue weighted by molar-refractivity contribution is 1.73. The zero-order valence-electron chi connectivity index (χ0n) is 7.25. The van der Waals surface area contributed by atoms with Crippen molar-refractivity contribution < 1.29 is 0 Å². The summed E-state index contributed by atoms with van der Waals surface area (Å²) in [6.07, 6.45) is 1.86. The van der Waals surface area contributed by atoms with Gasteiger partial charge in [-0.15, -0.1) is 0 Å². The molecule has 2 aromatic carbocycles. The molecule has 1 heteroatoms. The van der Waals surface area contributed by atoms with Crippen molar-refractivity contribution in [3.05, 3.63) is 48.5 Å². The van der Waals surface area contributed by atoms with Gasteiger partial charge in [0.05, 0.1) is 10.2 Å². The first-order valence-electron chi connectivity index (χ1n) is 4.17. The number of hydrogen-bond acceptors (Lipinski definition) is 0. The first kappa shape index (κ1) is 8.26. The first-order valence-corrected chi connectivity index (χ1v) is 4.67. The predicted molar refractivity (Wildman–Crippen MR) is 59.4 cm³/mol. The molecular weight excluding hydrogens is 172 g/mol. The highest BCUT2D eigenvalue weighted by Gasteiger charge is 1.93. The van der Waals surface area contributed by atoms with Crippen LogP contribution in [-0.4, -0.2) is 10.2 Å². The quantitative estimate of drug-likeness (QED) is 0.592. The van der Waals surface area contributed by atoms with Gasteiger partial charge in [-0.25, -0.2) is 0 Å². The number of fused-ring (bicyclic) bond motifs is 1. The highest BCUT2D eigenvalue weighted by molar-refractivity contribution is 6.33. The second-order valence-electron chi connectivity index (χ2n) is 3.03. The molecule has 0 saturated carbocycles. The van der Waals surface area contributed by atoms with Crippen LogP contribution in [0, 0.1) is 0 Å². The third-order valence-corrected chi connectivity index (χ3v) is 2.41. The van der Waals surface area contributed by atoms with Gasteiger partial charge in [-0.1, -0.05) is 48.2 Å². The van der Waals surface area contributed by atoms with Crippen LogP contribution in [0.25, 0.3) is 16.8 Å². The molecule has 0 aliphatic heterocycles. The van der Waals surface area contributed by atoms with Crippen molar-refractivity contribution in [1.82, 2.24) is 0 Å². The maximum absolute atomic E-state index is 3.75. The fraction of sp³-hybridized carbons (Fsp3) is 0. The van der Waals surface area contributed by atoms with E-state index in [1.807, 2.05) is 12.1 Å². The van der Waals surface area contributed by atoms with Crippen LogP contribution >= 0.6 is 0 Å². The van der Waals surface area contributed by atoms with E-state index in [1.165, 1.54) is 10.8 Å². The molecule has 3 radical (unpaired) electrons. The van der Waals surface area contributed by atoms with E-state index < -0.39 is 0 Å². The smallest absolute Gasteiger partial charge is 0.0712 e. The van der Waals surface area contributed by atoms with Gasteiger partial charge in [0, 0.05) is 0 Å². The largest absolute Gasteiger partial charge is 0.0985 e. The van der Waals surface area contributed by atoms with E-state index in [2.05, 4.69) is 47.2 Å². The number of benzene rings is 2. The van der Waals surface area contributed by atoms with Crippen LogP contribution in [0.4, 0.5) is 0 Å². The van der Waals surface area contributed by atoms with E-state index in [1.54, 1.807) is 0 Å². The van der Waals surface area contributed by atoms with E-state index in [9.17, 15) is 0 Å². The Bertz CT molecular complexity index is 458. The molecule has 0 aliphatic rings. The van der Waals surface area contributed by atoms with Crippen molar-refractivity contribution in [1.29, 1.82) is 0 Å². The highest BCUT2D eigenvalue weighted by atomic mass is 28.1. The summed E-state index contributed by atoms with van der Waals surface area (Å²) in [5, 5.41) is 3.61. The SMILES string of the molecule is C=Cc1ccc2cc([Si])ccc2c1. The van der Waals surface area contributed by atoms with Gasteiger partial charge in [0.25, 0.3) is 0 Å². The lowest BCUT2D eigenvalue weighted by Gasteiger charge is -2.00. The molecule has 13 heavy (non-hydrogen) atoms. The lowest BCUT2D eigenvalue weighted by Crippen LogP contribution is -1.99. The van der Waals surface area contributed by atoms with Crippen molar-refractivity contribution in [3.8, 4) is 0 Å². The number of hydrogen-bond donors (Lipinski definition) is 0. The van der Waals surface area contributed by atoms with Crippen molar-refractivity contribution in [2.75, 3.05) is 0 Å². The first-order chi connectivity index (χ1) is 6.29. The molecule has 0 heterocycles. The summed E-state index contributed by atoms with van der Waals surface area (Å²) in [5.41, 5.74) is 1.16. The second-order valence-corrected chi connectivity index (χ2v) is 3.60. The minimum atomic E-state index is 1.11. The molecule has 0 N–H and O–H groups in total. The minimum absolute atomic E-state index is 1.11. The average molecular weight is 181 g/mol. The van der Waals surface area contributed by atoms with Gasteiger partial charge >= 0.3 is 0 Å². The Morgan fingerprint density at radius 3 is 2.46 bits per heavy atom. The monoisotopic (exact) mass is 181 g/mol. The fourth-order valence-electron chi connectivity index (χ4n) is 1.39. The van der Waals surface area contributed by atoms with Crippen LogP contribution in [0.1, 0.15) is 5.56 Å². The van der Waals surface area contributed by atoms with Crippen molar-refractivity contribution in [3.63, 3.8) is 0 Å². The van der Waals surface area contributed by atoms with E-state index in [4.69, 9.17) is 0 Å². The third-order valence-electron chi connectivity index (χ3n) is 2.10. The maximum atomic E-state index is 3.75. The average Bonchev–Trinajstić information content (AvgIpc) is 2.17. The van der Waals surface area contributed by atoms with Gasteiger partial charge in [0.15, 0.2) is 0 Å². The van der Waals surface area contributed by atoms with Gasteiger partial charge in [-0.05, 0) is 22.4 Å². The molecule has 2 rings (SSSR count). The van der Waals surface area contributed by atoms with Crippen LogP contribution in [0.2, 0.25) is 0 Å². The van der Waals surface area contributed by atoms with Gasteiger partial charge < -0.3 is 0 Å². The molecule has 2 aromatic rings. The normalized spacial score (nSPS) is 10.2. The second kappa shape index (κ2) is 3.19. The van der Waals surface area contributed by atoms with Crippen molar-refractivity contribution in [2.24, 2.45) is 0 Å². The zero-order chi connectivity index (χ0) is 9.26. The van der Waals surface area contributed by atoms with Crippen LogP contribution in [0.15, 0.2) is 43.0 Å². The Kier molecular flexibility index (Phi) is 2.03. The van der Waals surface area contributed by atoms with Crippen LogP contribution in [-0.2, 0) is 0 Å². The van der Waals surface area contributed by atoms with Gasteiger partial charge in [-0.2, -0.15) is 0 Å². The Morgan fingerprint density at radius 1 is 1.00 bits per heavy atom. The molecule has 0 unspecified atom stereocenters. The Hall–Kier alpha value is -1.34. The summed E-state index contributed by atoms with van der Waals surface area (Å²) in [6.45, 7) is 3.75. The highest BCUT2D eigenvalue weighted by Crippen LogP contribution is 2.14. The summed E-state index contributed by atoms with van der Waals surface area (Å²) < 4.78 is 0. The fourth-order valence-corrected chi connectivity index (χ4v) is 1.63. The topological polar surface area (TPSA) is 0 Å². The Balaban J connectivity index is 2.73. The van der Waals surface area contributed by atoms with Gasteiger partial charge in [-0.3, -0.25) is 0 Å². The summed E-state index contributed by atoms with van der Waals surface area (Å²) in [4.78, 5) is 0. The zero-order valence-corrected chi connectivity index (χ0v) is 8.25. The summed E-state index contributed by atoms with van der Waals surface area (Å²) in [6, 6.07) is 12.6. The van der Waals surface area contributed by atoms with E-state index in [0.717, 1.165) is 10.8 Å². The van der Waals surface area contributed by atoms with E-state index >= 15 is 0 Å². The van der Waals surface area contributed by atoms with E-state index in [-0.39, 0.29) is 0 Å². The van der Waals surface area contributed by atoms with Gasteiger partial charge in [0.2, 0.25) is 0 Å². The van der Waals surface area contributed by atoms with E-state index in [0.29, 0.717) is 0 Å². The lowest BCUT2D eigenvalue weighted by atomic mass is 10.1. The van der Waals surface area contributed by atoms with Crippen molar-refractivity contribution >= 4 is 32.3 Å². The molecule has 61 valence electrons. The minimum Gasteiger partial charge on any atom is -0.0985 e. The van der Waals surface area contributed by atoms with Crippen LogP contribution in [0.5, 0.6) is 0 Å². The molecule has 0 nitrogen and oxygen atoms in total. The standard InChI is InChI=1S/C12H9Si/c1-2-9-3-4-11-8-12(13)6-5-10(11)7-9/h2-8H,1H2. The van der Waals surface area contributed by atoms with Crippen molar-refractivity contribution in [2.45, 2.75) is 0 Å². The summed E-state index contributed by atoms with van der Waals surface area (Å²) >= 11 is 0. The maximum Gasteiger partial charge on any atom is 0.0712 e. The molecule has 0 aromatic heterocycles. The molecular formula is C12H9Si. The molecule has 0 bridgehead atoms. The Morgan fingerprint density at radius 2 is 1.69 bits per heavy atom. The summed E-state index contributed by atoms with van der Waals surface area (Å²) in [5.74, 6) is 0. The Labute approximate surface area is 81.3 Å². The molecule has 0 spiro atoms. The van der Waals surface area contributed by atoms with Crippen LogP contribution < -0.4 is 5.19 Å². The molecule has 0 fully saturated rings. The predicted octanol–water partition coefficient (Wildman–Crippen LogP) is 2.28. The third kappa shape index (κ3) is 1.56. The van der Waals surface area contributed by atoms with Crippen LogP contribution in [0.3, 0.4) is 0 Å². The summed E-state index contributed by atoms with van der Waals surface area (Å²) in [7, 11) is 3.50.